The number of aromatic nitrogens is 2. The number of imidazole rings is 1. The Morgan fingerprint density at radius 1 is 1.37 bits per heavy atom. The molecular weight excluding hydrogens is 240 g/mol. The van der Waals surface area contributed by atoms with Crippen LogP contribution in [0.15, 0.2) is 24.5 Å². The fourth-order valence-electron chi connectivity index (χ4n) is 2.39. The van der Waals surface area contributed by atoms with Gasteiger partial charge in [0.05, 0.1) is 12.7 Å². The van der Waals surface area contributed by atoms with Crippen LogP contribution >= 0.6 is 0 Å². The predicted octanol–water partition coefficient (Wildman–Crippen LogP) is 1.48. The Balaban J connectivity index is 2.12. The van der Waals surface area contributed by atoms with Gasteiger partial charge in [0.1, 0.15) is 17.5 Å². The lowest BCUT2D eigenvalue weighted by molar-refractivity contribution is -0.117. The van der Waals surface area contributed by atoms with Crippen LogP contribution in [0.25, 0.3) is 11.3 Å². The summed E-state index contributed by atoms with van der Waals surface area (Å²) in [6, 6.07) is 7.90. The van der Waals surface area contributed by atoms with Gasteiger partial charge in [-0.2, -0.15) is 5.26 Å². The summed E-state index contributed by atoms with van der Waals surface area (Å²) in [5, 5.41) is 9.15. The summed E-state index contributed by atoms with van der Waals surface area (Å²) in [6.45, 7) is 0. The van der Waals surface area contributed by atoms with Crippen molar-refractivity contribution < 1.29 is 4.79 Å². The Bertz CT molecular complexity index is 724. The van der Waals surface area contributed by atoms with Gasteiger partial charge >= 0.3 is 0 Å². The third-order valence-electron chi connectivity index (χ3n) is 3.47. The number of rotatable bonds is 1. The van der Waals surface area contributed by atoms with E-state index < -0.39 is 0 Å². The molecule has 1 amide bonds. The zero-order valence-corrected chi connectivity index (χ0v) is 10.7. The van der Waals surface area contributed by atoms with Crippen molar-refractivity contribution in [3.63, 3.8) is 0 Å². The van der Waals surface area contributed by atoms with Gasteiger partial charge < -0.3 is 9.47 Å². The van der Waals surface area contributed by atoms with Crippen molar-refractivity contribution in [3.05, 3.63) is 35.8 Å². The molecule has 0 N–H and O–H groups in total. The number of nitrogens with zero attached hydrogens (tertiary/aromatic N) is 4. The zero-order valence-electron chi connectivity index (χ0n) is 10.7. The highest BCUT2D eigenvalue weighted by molar-refractivity contribution is 6.01. The molecule has 1 aliphatic rings. The van der Waals surface area contributed by atoms with Gasteiger partial charge in [-0.05, 0) is 17.7 Å². The number of hydrogen-bond donors (Lipinski definition) is 0. The summed E-state index contributed by atoms with van der Waals surface area (Å²) in [6.07, 6.45) is 2.03. The normalized spacial score (nSPS) is 13.5. The van der Waals surface area contributed by atoms with Gasteiger partial charge in [0.15, 0.2) is 0 Å². The van der Waals surface area contributed by atoms with E-state index in [0.29, 0.717) is 17.8 Å². The van der Waals surface area contributed by atoms with Crippen molar-refractivity contribution >= 4 is 11.6 Å². The Morgan fingerprint density at radius 2 is 2.16 bits per heavy atom. The molecule has 1 aliphatic heterocycles. The fourth-order valence-corrected chi connectivity index (χ4v) is 2.39. The minimum atomic E-state index is 0.0914. The number of carbonyl (C=O) groups is 1. The van der Waals surface area contributed by atoms with Gasteiger partial charge in [0.25, 0.3) is 0 Å². The molecule has 0 saturated heterocycles. The van der Waals surface area contributed by atoms with Crippen LogP contribution in [0.4, 0.5) is 5.69 Å². The van der Waals surface area contributed by atoms with Crippen molar-refractivity contribution in [2.24, 2.45) is 7.05 Å². The number of nitriles is 1. The number of benzene rings is 1. The van der Waals surface area contributed by atoms with Crippen LogP contribution in [-0.4, -0.2) is 22.5 Å². The van der Waals surface area contributed by atoms with E-state index in [-0.39, 0.29) is 5.91 Å². The lowest BCUT2D eigenvalue weighted by Gasteiger charge is -2.10. The fraction of sp³-hybridized carbons (Fsp3) is 0.214. The number of hydrogen-bond acceptors (Lipinski definition) is 3. The van der Waals surface area contributed by atoms with Gasteiger partial charge in [-0.3, -0.25) is 4.79 Å². The second-order valence-electron chi connectivity index (χ2n) is 4.64. The first-order valence-electron chi connectivity index (χ1n) is 5.93. The van der Waals surface area contributed by atoms with Crippen LogP contribution in [0.1, 0.15) is 11.3 Å². The van der Waals surface area contributed by atoms with Crippen LogP contribution in [0, 0.1) is 11.3 Å². The van der Waals surface area contributed by atoms with Crippen molar-refractivity contribution in [3.8, 4) is 17.3 Å². The van der Waals surface area contributed by atoms with Crippen LogP contribution in [-0.2, 0) is 18.3 Å². The maximum atomic E-state index is 11.7. The molecule has 19 heavy (non-hydrogen) atoms. The number of aryl methyl sites for hydroxylation is 1. The molecular formula is C14H12N4O. The Labute approximate surface area is 110 Å². The third-order valence-corrected chi connectivity index (χ3v) is 3.47. The van der Waals surface area contributed by atoms with E-state index in [1.807, 2.05) is 18.2 Å². The van der Waals surface area contributed by atoms with E-state index in [2.05, 4.69) is 11.1 Å². The molecule has 0 unspecified atom stereocenters. The molecule has 0 fully saturated rings. The lowest BCUT2D eigenvalue weighted by atomic mass is 10.0. The predicted molar refractivity (Wildman–Crippen MR) is 70.5 cm³/mol. The van der Waals surface area contributed by atoms with E-state index >= 15 is 0 Å². The molecule has 5 nitrogen and oxygen atoms in total. The Kier molecular flexibility index (Phi) is 2.39. The average Bonchev–Trinajstić information content (AvgIpc) is 2.90. The summed E-state index contributed by atoms with van der Waals surface area (Å²) in [5.41, 5.74) is 3.98. The van der Waals surface area contributed by atoms with E-state index in [9.17, 15) is 4.79 Å². The standard InChI is InChI=1S/C14H12N4O/c1-17-8-16-14(12(17)7-15)9-3-4-11-10(5-9)6-13(19)18(11)2/h3-5,8H,6H2,1-2H3. The second kappa shape index (κ2) is 3.95. The number of anilines is 1. The first kappa shape index (κ1) is 11.5. The minimum Gasteiger partial charge on any atom is -0.325 e. The van der Waals surface area contributed by atoms with Crippen molar-refractivity contribution in [2.75, 3.05) is 11.9 Å². The number of fused-ring (bicyclic) bond motifs is 1. The number of carbonyl (C=O) groups excluding carboxylic acids is 1. The first-order valence-corrected chi connectivity index (χ1v) is 5.93. The molecule has 1 aromatic carbocycles. The van der Waals surface area contributed by atoms with Gasteiger partial charge in [0.2, 0.25) is 5.91 Å². The topological polar surface area (TPSA) is 61.9 Å². The molecule has 2 heterocycles. The molecule has 0 atom stereocenters. The largest absolute Gasteiger partial charge is 0.325 e. The molecule has 0 bridgehead atoms. The summed E-state index contributed by atoms with van der Waals surface area (Å²) in [7, 11) is 3.56. The second-order valence-corrected chi connectivity index (χ2v) is 4.64. The van der Waals surface area contributed by atoms with Crippen LogP contribution in [0.2, 0.25) is 0 Å². The smallest absolute Gasteiger partial charge is 0.231 e. The highest BCUT2D eigenvalue weighted by Gasteiger charge is 2.24. The summed E-state index contributed by atoms with van der Waals surface area (Å²) in [4.78, 5) is 17.6. The van der Waals surface area contributed by atoms with Crippen LogP contribution < -0.4 is 4.90 Å². The van der Waals surface area contributed by atoms with E-state index in [0.717, 1.165) is 16.8 Å². The zero-order chi connectivity index (χ0) is 13.6. The van der Waals surface area contributed by atoms with Gasteiger partial charge in [0, 0.05) is 25.3 Å². The minimum absolute atomic E-state index is 0.0914. The van der Waals surface area contributed by atoms with E-state index in [1.165, 1.54) is 0 Å². The van der Waals surface area contributed by atoms with Gasteiger partial charge in [-0.1, -0.05) is 6.07 Å². The third kappa shape index (κ3) is 1.61. The maximum absolute atomic E-state index is 11.7. The maximum Gasteiger partial charge on any atom is 0.231 e. The van der Waals surface area contributed by atoms with Gasteiger partial charge in [-0.15, -0.1) is 0 Å². The molecule has 3 rings (SSSR count). The molecule has 94 valence electrons. The van der Waals surface area contributed by atoms with Crippen molar-refractivity contribution in [1.82, 2.24) is 9.55 Å². The molecule has 5 heteroatoms. The quantitative estimate of drug-likeness (QED) is 0.772. The average molecular weight is 252 g/mol. The molecule has 2 aromatic rings. The molecule has 0 radical (unpaired) electrons. The highest BCUT2D eigenvalue weighted by Crippen LogP contribution is 2.32. The van der Waals surface area contributed by atoms with Crippen molar-refractivity contribution in [1.29, 1.82) is 5.26 Å². The van der Waals surface area contributed by atoms with Crippen molar-refractivity contribution in [2.45, 2.75) is 6.42 Å². The molecule has 0 aliphatic carbocycles. The highest BCUT2D eigenvalue weighted by atomic mass is 16.2. The number of likely N-dealkylation sites (N-methyl/N-ethyl adjacent to an activating group) is 1. The molecule has 1 aromatic heterocycles. The monoisotopic (exact) mass is 252 g/mol. The summed E-state index contributed by atoms with van der Waals surface area (Å²) < 4.78 is 1.69. The first-order chi connectivity index (χ1) is 9.11. The summed E-state index contributed by atoms with van der Waals surface area (Å²) in [5.74, 6) is 0.0914. The number of amides is 1. The Morgan fingerprint density at radius 3 is 2.89 bits per heavy atom. The SMILES string of the molecule is CN1C(=O)Cc2cc(-c3ncn(C)c3C#N)ccc21. The molecule has 0 saturated carbocycles. The van der Waals surface area contributed by atoms with E-state index in [4.69, 9.17) is 5.26 Å². The Hall–Kier alpha value is -2.61. The van der Waals surface area contributed by atoms with Gasteiger partial charge in [-0.25, -0.2) is 4.98 Å². The van der Waals surface area contributed by atoms with Crippen LogP contribution in [0.5, 0.6) is 0 Å². The summed E-state index contributed by atoms with van der Waals surface area (Å²) >= 11 is 0. The lowest BCUT2D eigenvalue weighted by Crippen LogP contribution is -2.20. The van der Waals surface area contributed by atoms with E-state index in [1.54, 1.807) is 29.9 Å². The molecule has 0 spiro atoms. The van der Waals surface area contributed by atoms with Crippen LogP contribution in [0.3, 0.4) is 0 Å².